The molecule has 1 aromatic carbocycles. The van der Waals surface area contributed by atoms with Crippen molar-refractivity contribution in [1.29, 1.82) is 0 Å². The summed E-state index contributed by atoms with van der Waals surface area (Å²) in [6, 6.07) is 8.79. The highest BCUT2D eigenvalue weighted by molar-refractivity contribution is 9.10. The van der Waals surface area contributed by atoms with E-state index in [0.717, 1.165) is 5.92 Å². The summed E-state index contributed by atoms with van der Waals surface area (Å²) < 4.78 is 1.17. The summed E-state index contributed by atoms with van der Waals surface area (Å²) >= 11 is 3.64. The van der Waals surface area contributed by atoms with Gasteiger partial charge in [0, 0.05) is 23.6 Å². The Morgan fingerprint density at radius 2 is 2.24 bits per heavy atom. The minimum atomic E-state index is 0.355. The molecular weight excluding hydrogens is 276 g/mol. The highest BCUT2D eigenvalue weighted by atomic mass is 79.9. The molecule has 17 heavy (non-hydrogen) atoms. The lowest BCUT2D eigenvalue weighted by molar-refractivity contribution is 0.133. The zero-order chi connectivity index (χ0) is 12.3. The summed E-state index contributed by atoms with van der Waals surface area (Å²) in [5.41, 5.74) is 7.31. The van der Waals surface area contributed by atoms with E-state index in [2.05, 4.69) is 52.0 Å². The smallest absolute Gasteiger partial charge is 0.0481 e. The maximum Gasteiger partial charge on any atom is 0.0481 e. The van der Waals surface area contributed by atoms with Gasteiger partial charge in [0.15, 0.2) is 0 Å². The highest BCUT2D eigenvalue weighted by Gasteiger charge is 2.25. The minimum absolute atomic E-state index is 0.355. The van der Waals surface area contributed by atoms with Crippen LogP contribution in [0.5, 0.6) is 0 Å². The second-order valence-electron chi connectivity index (χ2n) is 5.02. The van der Waals surface area contributed by atoms with Crippen LogP contribution in [0, 0.1) is 5.92 Å². The van der Waals surface area contributed by atoms with Crippen molar-refractivity contribution in [2.75, 3.05) is 19.6 Å². The molecule has 2 N–H and O–H groups in total. The van der Waals surface area contributed by atoms with Crippen LogP contribution < -0.4 is 5.73 Å². The van der Waals surface area contributed by atoms with E-state index in [4.69, 9.17) is 5.73 Å². The summed E-state index contributed by atoms with van der Waals surface area (Å²) in [5.74, 6) is 0.792. The Bertz CT molecular complexity index is 367. The van der Waals surface area contributed by atoms with Gasteiger partial charge in [-0.05, 0) is 36.9 Å². The molecule has 1 aliphatic heterocycles. The first-order valence-corrected chi connectivity index (χ1v) is 7.20. The summed E-state index contributed by atoms with van der Waals surface area (Å²) in [7, 11) is 0. The van der Waals surface area contributed by atoms with E-state index in [1.54, 1.807) is 0 Å². The maximum atomic E-state index is 5.99. The van der Waals surface area contributed by atoms with Gasteiger partial charge in [0.25, 0.3) is 0 Å². The molecule has 0 spiro atoms. The van der Waals surface area contributed by atoms with Crippen LogP contribution in [0.3, 0.4) is 0 Å². The van der Waals surface area contributed by atoms with Gasteiger partial charge in [0.2, 0.25) is 0 Å². The first-order chi connectivity index (χ1) is 8.22. The second-order valence-corrected chi connectivity index (χ2v) is 5.87. The van der Waals surface area contributed by atoms with E-state index >= 15 is 0 Å². The van der Waals surface area contributed by atoms with Crippen molar-refractivity contribution in [3.05, 3.63) is 34.3 Å². The van der Waals surface area contributed by atoms with Gasteiger partial charge in [-0.1, -0.05) is 41.1 Å². The predicted octanol–water partition coefficient (Wildman–Crippen LogP) is 3.18. The number of hydrogen-bond donors (Lipinski definition) is 1. The van der Waals surface area contributed by atoms with E-state index < -0.39 is 0 Å². The Labute approximate surface area is 112 Å². The number of halogens is 1. The van der Waals surface area contributed by atoms with Crippen LogP contribution in [-0.2, 0) is 0 Å². The molecule has 2 rings (SSSR count). The third-order valence-corrected chi connectivity index (χ3v) is 4.34. The number of rotatable bonds is 3. The van der Waals surface area contributed by atoms with Crippen molar-refractivity contribution in [2.45, 2.75) is 25.8 Å². The van der Waals surface area contributed by atoms with Gasteiger partial charge in [0.05, 0.1) is 0 Å². The fourth-order valence-corrected chi connectivity index (χ4v) is 3.28. The lowest BCUT2D eigenvalue weighted by Gasteiger charge is -2.37. The zero-order valence-corrected chi connectivity index (χ0v) is 12.0. The highest BCUT2D eigenvalue weighted by Crippen LogP contribution is 2.30. The van der Waals surface area contributed by atoms with Gasteiger partial charge in [-0.25, -0.2) is 0 Å². The molecule has 2 atom stereocenters. The van der Waals surface area contributed by atoms with Gasteiger partial charge >= 0.3 is 0 Å². The number of benzene rings is 1. The number of hydrogen-bond acceptors (Lipinski definition) is 2. The molecule has 0 bridgehead atoms. The van der Waals surface area contributed by atoms with Crippen molar-refractivity contribution in [3.63, 3.8) is 0 Å². The SMILES string of the molecule is C[C@H]1CCCN([C@H](CN)c2ccccc2Br)C1. The largest absolute Gasteiger partial charge is 0.329 e. The second kappa shape index (κ2) is 5.98. The summed E-state index contributed by atoms with van der Waals surface area (Å²) in [5, 5.41) is 0. The Hall–Kier alpha value is -0.380. The lowest BCUT2D eigenvalue weighted by Crippen LogP contribution is -2.40. The van der Waals surface area contributed by atoms with Crippen LogP contribution in [-0.4, -0.2) is 24.5 Å². The van der Waals surface area contributed by atoms with E-state index in [-0.39, 0.29) is 0 Å². The Kier molecular flexibility index (Phi) is 4.60. The molecule has 94 valence electrons. The average molecular weight is 297 g/mol. The molecule has 0 saturated carbocycles. The first kappa shape index (κ1) is 13.1. The fourth-order valence-electron chi connectivity index (χ4n) is 2.73. The van der Waals surface area contributed by atoms with Crippen molar-refractivity contribution >= 4 is 15.9 Å². The van der Waals surface area contributed by atoms with Gasteiger partial charge < -0.3 is 5.73 Å². The number of nitrogens with two attached hydrogens (primary N) is 1. The van der Waals surface area contributed by atoms with Crippen LogP contribution in [0.2, 0.25) is 0 Å². The average Bonchev–Trinajstić information content (AvgIpc) is 2.33. The number of nitrogens with zero attached hydrogens (tertiary/aromatic N) is 1. The third kappa shape index (κ3) is 3.09. The Balaban J connectivity index is 2.18. The van der Waals surface area contributed by atoms with Gasteiger partial charge in [-0.2, -0.15) is 0 Å². The molecular formula is C14H21BrN2. The molecule has 1 fully saturated rings. The normalized spacial score (nSPS) is 23.6. The molecule has 0 aliphatic carbocycles. The van der Waals surface area contributed by atoms with Crippen LogP contribution in [0.1, 0.15) is 31.4 Å². The molecule has 2 nitrogen and oxygen atoms in total. The third-order valence-electron chi connectivity index (χ3n) is 3.62. The zero-order valence-electron chi connectivity index (χ0n) is 10.4. The summed E-state index contributed by atoms with van der Waals surface area (Å²) in [6.45, 7) is 5.37. The van der Waals surface area contributed by atoms with Crippen LogP contribution in [0.15, 0.2) is 28.7 Å². The molecule has 1 heterocycles. The van der Waals surface area contributed by atoms with Crippen molar-refractivity contribution in [2.24, 2.45) is 11.7 Å². The van der Waals surface area contributed by atoms with Crippen molar-refractivity contribution in [3.8, 4) is 0 Å². The van der Waals surface area contributed by atoms with Gasteiger partial charge in [-0.3, -0.25) is 4.90 Å². The van der Waals surface area contributed by atoms with Gasteiger partial charge in [-0.15, -0.1) is 0 Å². The molecule has 0 radical (unpaired) electrons. The number of likely N-dealkylation sites (tertiary alicyclic amines) is 1. The Morgan fingerprint density at radius 3 is 2.88 bits per heavy atom. The lowest BCUT2D eigenvalue weighted by atomic mass is 9.96. The topological polar surface area (TPSA) is 29.3 Å². The Morgan fingerprint density at radius 1 is 1.47 bits per heavy atom. The predicted molar refractivity (Wildman–Crippen MR) is 75.9 cm³/mol. The van der Waals surface area contributed by atoms with E-state index in [1.807, 2.05) is 0 Å². The monoisotopic (exact) mass is 296 g/mol. The number of piperidine rings is 1. The van der Waals surface area contributed by atoms with Crippen molar-refractivity contribution < 1.29 is 0 Å². The first-order valence-electron chi connectivity index (χ1n) is 6.41. The van der Waals surface area contributed by atoms with Crippen LogP contribution >= 0.6 is 15.9 Å². The molecule has 1 aliphatic rings. The van der Waals surface area contributed by atoms with Crippen molar-refractivity contribution in [1.82, 2.24) is 4.90 Å². The molecule has 0 amide bonds. The minimum Gasteiger partial charge on any atom is -0.329 e. The summed E-state index contributed by atoms with van der Waals surface area (Å²) in [6.07, 6.45) is 2.64. The maximum absolute atomic E-state index is 5.99. The molecule has 3 heteroatoms. The molecule has 1 saturated heterocycles. The fraction of sp³-hybridized carbons (Fsp3) is 0.571. The summed E-state index contributed by atoms with van der Waals surface area (Å²) in [4.78, 5) is 2.54. The van der Waals surface area contributed by atoms with Crippen LogP contribution in [0.25, 0.3) is 0 Å². The van der Waals surface area contributed by atoms with E-state index in [9.17, 15) is 0 Å². The van der Waals surface area contributed by atoms with E-state index in [1.165, 1.54) is 36.0 Å². The molecule has 1 aromatic rings. The van der Waals surface area contributed by atoms with Gasteiger partial charge in [0.1, 0.15) is 0 Å². The van der Waals surface area contributed by atoms with Crippen LogP contribution in [0.4, 0.5) is 0 Å². The molecule has 0 unspecified atom stereocenters. The standard InChI is InChI=1S/C14H21BrN2/c1-11-5-4-8-17(10-11)14(9-16)12-6-2-3-7-13(12)15/h2-3,6-7,11,14H,4-5,8-10,16H2,1H3/t11-,14+/m0/s1. The molecule has 0 aromatic heterocycles. The quantitative estimate of drug-likeness (QED) is 0.928. The van der Waals surface area contributed by atoms with E-state index in [0.29, 0.717) is 12.6 Å².